The fourth-order valence-corrected chi connectivity index (χ4v) is 2.94. The number of rotatable bonds is 7. The smallest absolute Gasteiger partial charge is 0.0762 e. The van der Waals surface area contributed by atoms with Gasteiger partial charge >= 0.3 is 0 Å². The predicted octanol–water partition coefficient (Wildman–Crippen LogP) is 2.76. The van der Waals surface area contributed by atoms with Crippen LogP contribution in [0.2, 0.25) is 0 Å². The maximum absolute atomic E-state index is 5.02. The number of nitrogens with one attached hydrogen (secondary N) is 1. The summed E-state index contributed by atoms with van der Waals surface area (Å²) in [7, 11) is 1.73. The molecule has 4 nitrogen and oxygen atoms in total. The lowest BCUT2D eigenvalue weighted by atomic mass is 9.84. The fourth-order valence-electron chi connectivity index (χ4n) is 2.94. The van der Waals surface area contributed by atoms with Gasteiger partial charge in [-0.2, -0.15) is 5.10 Å². The van der Waals surface area contributed by atoms with E-state index in [2.05, 4.69) is 29.2 Å². The molecule has 2 rings (SSSR count). The molecular weight excluding hydrogens is 238 g/mol. The van der Waals surface area contributed by atoms with E-state index in [1.54, 1.807) is 7.11 Å². The highest BCUT2D eigenvalue weighted by molar-refractivity contribution is 4.99. The van der Waals surface area contributed by atoms with E-state index in [0.717, 1.165) is 31.3 Å². The third kappa shape index (κ3) is 4.32. The molecule has 1 N–H and O–H groups in total. The van der Waals surface area contributed by atoms with Gasteiger partial charge in [-0.1, -0.05) is 26.2 Å². The quantitative estimate of drug-likeness (QED) is 0.771. The van der Waals surface area contributed by atoms with Crippen molar-refractivity contribution in [2.24, 2.45) is 5.92 Å². The Labute approximate surface area is 116 Å². The van der Waals surface area contributed by atoms with Crippen LogP contribution in [0.15, 0.2) is 12.3 Å². The molecule has 1 aromatic rings. The van der Waals surface area contributed by atoms with Crippen LogP contribution in [0.3, 0.4) is 0 Å². The molecule has 1 aliphatic rings. The highest BCUT2D eigenvalue weighted by atomic mass is 16.5. The van der Waals surface area contributed by atoms with Gasteiger partial charge in [0.15, 0.2) is 0 Å². The fraction of sp³-hybridized carbons (Fsp3) is 0.800. The first-order valence-electron chi connectivity index (χ1n) is 7.57. The zero-order chi connectivity index (χ0) is 13.5. The Balaban J connectivity index is 1.82. The van der Waals surface area contributed by atoms with Crippen molar-refractivity contribution in [3.8, 4) is 0 Å². The van der Waals surface area contributed by atoms with Gasteiger partial charge in [0.1, 0.15) is 0 Å². The van der Waals surface area contributed by atoms with Gasteiger partial charge in [-0.25, -0.2) is 0 Å². The molecule has 1 saturated carbocycles. The number of aromatic nitrogens is 2. The molecule has 0 bridgehead atoms. The van der Waals surface area contributed by atoms with Crippen molar-refractivity contribution in [3.05, 3.63) is 18.0 Å². The zero-order valence-corrected chi connectivity index (χ0v) is 12.3. The summed E-state index contributed by atoms with van der Waals surface area (Å²) in [5.41, 5.74) is 1.13. The van der Waals surface area contributed by atoms with Crippen molar-refractivity contribution in [1.29, 1.82) is 0 Å². The van der Waals surface area contributed by atoms with E-state index in [1.165, 1.54) is 32.1 Å². The summed E-state index contributed by atoms with van der Waals surface area (Å²) in [6, 6.07) is 2.75. The van der Waals surface area contributed by atoms with Gasteiger partial charge in [-0.15, -0.1) is 0 Å². The first-order valence-corrected chi connectivity index (χ1v) is 7.57. The van der Waals surface area contributed by atoms with Crippen molar-refractivity contribution in [1.82, 2.24) is 15.1 Å². The number of hydrogen-bond donors (Lipinski definition) is 1. The SMILES string of the molecule is CCC1CCCC(n2ccc(CNCCOC)n2)C1. The summed E-state index contributed by atoms with van der Waals surface area (Å²) < 4.78 is 7.21. The van der Waals surface area contributed by atoms with Crippen LogP contribution in [-0.4, -0.2) is 30.0 Å². The van der Waals surface area contributed by atoms with Crippen molar-refractivity contribution in [2.45, 2.75) is 51.6 Å². The first-order chi connectivity index (χ1) is 9.33. The van der Waals surface area contributed by atoms with Crippen molar-refractivity contribution >= 4 is 0 Å². The third-order valence-corrected chi connectivity index (χ3v) is 4.16. The predicted molar refractivity (Wildman–Crippen MR) is 77.1 cm³/mol. The second kappa shape index (κ2) is 7.65. The van der Waals surface area contributed by atoms with Gasteiger partial charge in [0.2, 0.25) is 0 Å². The molecular formula is C15H27N3O. The van der Waals surface area contributed by atoms with Crippen molar-refractivity contribution in [3.63, 3.8) is 0 Å². The summed E-state index contributed by atoms with van der Waals surface area (Å²) in [4.78, 5) is 0. The average molecular weight is 265 g/mol. The summed E-state index contributed by atoms with van der Waals surface area (Å²) in [6.07, 6.45) is 8.80. The summed E-state index contributed by atoms with van der Waals surface area (Å²) >= 11 is 0. The maximum atomic E-state index is 5.02. The van der Waals surface area contributed by atoms with Gasteiger partial charge in [0, 0.05) is 26.4 Å². The van der Waals surface area contributed by atoms with Crippen LogP contribution in [0.25, 0.3) is 0 Å². The van der Waals surface area contributed by atoms with Crippen LogP contribution in [0.5, 0.6) is 0 Å². The topological polar surface area (TPSA) is 39.1 Å². The largest absolute Gasteiger partial charge is 0.383 e. The van der Waals surface area contributed by atoms with E-state index in [1.807, 2.05) is 0 Å². The first kappa shape index (κ1) is 14.5. The molecule has 0 spiro atoms. The Kier molecular flexibility index (Phi) is 5.86. The molecule has 0 aliphatic heterocycles. The zero-order valence-electron chi connectivity index (χ0n) is 12.3. The molecule has 108 valence electrons. The van der Waals surface area contributed by atoms with Gasteiger partial charge in [-0.05, 0) is 24.8 Å². The Morgan fingerprint density at radius 1 is 1.47 bits per heavy atom. The number of nitrogens with zero attached hydrogens (tertiary/aromatic N) is 2. The molecule has 0 aromatic carbocycles. The number of methoxy groups -OCH3 is 1. The third-order valence-electron chi connectivity index (χ3n) is 4.16. The molecule has 1 fully saturated rings. The lowest BCUT2D eigenvalue weighted by Crippen LogP contribution is -2.21. The molecule has 0 radical (unpaired) electrons. The van der Waals surface area contributed by atoms with Gasteiger partial charge in [0.05, 0.1) is 18.3 Å². The van der Waals surface area contributed by atoms with Crippen LogP contribution in [0, 0.1) is 5.92 Å². The van der Waals surface area contributed by atoms with E-state index < -0.39 is 0 Å². The number of hydrogen-bond acceptors (Lipinski definition) is 3. The van der Waals surface area contributed by atoms with Crippen LogP contribution in [-0.2, 0) is 11.3 Å². The Morgan fingerprint density at radius 3 is 3.16 bits per heavy atom. The van der Waals surface area contributed by atoms with Crippen molar-refractivity contribution < 1.29 is 4.74 Å². The molecule has 4 heteroatoms. The Hall–Kier alpha value is -0.870. The Bertz CT molecular complexity index is 364. The van der Waals surface area contributed by atoms with E-state index in [0.29, 0.717) is 6.04 Å². The highest BCUT2D eigenvalue weighted by Crippen LogP contribution is 2.33. The lowest BCUT2D eigenvalue weighted by Gasteiger charge is -2.28. The van der Waals surface area contributed by atoms with Crippen LogP contribution < -0.4 is 5.32 Å². The standard InChI is InChI=1S/C15H27N3O/c1-3-13-5-4-6-15(11-13)18-9-7-14(17-18)12-16-8-10-19-2/h7,9,13,15-16H,3-6,8,10-12H2,1-2H3. The van der Waals surface area contributed by atoms with Crippen molar-refractivity contribution in [2.75, 3.05) is 20.3 Å². The highest BCUT2D eigenvalue weighted by Gasteiger charge is 2.22. The minimum Gasteiger partial charge on any atom is -0.383 e. The summed E-state index contributed by atoms with van der Waals surface area (Å²) in [5.74, 6) is 0.895. The summed E-state index contributed by atoms with van der Waals surface area (Å²) in [6.45, 7) is 4.77. The summed E-state index contributed by atoms with van der Waals surface area (Å²) in [5, 5.41) is 8.05. The minimum absolute atomic E-state index is 0.617. The van der Waals surface area contributed by atoms with Gasteiger partial charge in [0.25, 0.3) is 0 Å². The van der Waals surface area contributed by atoms with Crippen LogP contribution in [0.4, 0.5) is 0 Å². The molecule has 2 unspecified atom stereocenters. The van der Waals surface area contributed by atoms with E-state index in [-0.39, 0.29) is 0 Å². The molecule has 0 saturated heterocycles. The maximum Gasteiger partial charge on any atom is 0.0762 e. The molecule has 0 amide bonds. The van der Waals surface area contributed by atoms with Gasteiger partial charge < -0.3 is 10.1 Å². The number of ether oxygens (including phenoxy) is 1. The molecule has 1 heterocycles. The second-order valence-electron chi connectivity index (χ2n) is 5.55. The van der Waals surface area contributed by atoms with E-state index >= 15 is 0 Å². The van der Waals surface area contributed by atoms with E-state index in [9.17, 15) is 0 Å². The molecule has 1 aromatic heterocycles. The molecule has 2 atom stereocenters. The Morgan fingerprint density at radius 2 is 2.37 bits per heavy atom. The molecule has 1 aliphatic carbocycles. The van der Waals surface area contributed by atoms with Crippen LogP contribution >= 0.6 is 0 Å². The minimum atomic E-state index is 0.617. The lowest BCUT2D eigenvalue weighted by molar-refractivity contribution is 0.199. The second-order valence-corrected chi connectivity index (χ2v) is 5.55. The van der Waals surface area contributed by atoms with Crippen LogP contribution in [0.1, 0.15) is 50.8 Å². The van der Waals surface area contributed by atoms with E-state index in [4.69, 9.17) is 9.84 Å². The average Bonchev–Trinajstić information content (AvgIpc) is 2.92. The monoisotopic (exact) mass is 265 g/mol. The molecule has 19 heavy (non-hydrogen) atoms. The van der Waals surface area contributed by atoms with Gasteiger partial charge in [-0.3, -0.25) is 4.68 Å². The normalized spacial score (nSPS) is 23.7.